The smallest absolute Gasteiger partial charge is 0.269 e. The van der Waals surface area contributed by atoms with Crippen LogP contribution in [-0.2, 0) is 19.8 Å². The molecule has 2 heterocycles. The number of imide groups is 1. The Morgan fingerprint density at radius 3 is 2.08 bits per heavy atom. The molecule has 2 aliphatic heterocycles. The topological polar surface area (TPSA) is 102 Å². The molecule has 0 N–H and O–H groups in total. The van der Waals surface area contributed by atoms with Crippen molar-refractivity contribution in [2.24, 2.45) is 0 Å². The number of benzene rings is 4. The zero-order valence-corrected chi connectivity index (χ0v) is 21.5. The van der Waals surface area contributed by atoms with Gasteiger partial charge < -0.3 is 4.74 Å². The summed E-state index contributed by atoms with van der Waals surface area (Å²) in [6.45, 7) is 2.35. The normalized spacial score (nSPS) is 21.9. The molecule has 0 bridgehead atoms. The summed E-state index contributed by atoms with van der Waals surface area (Å²) in [6, 6.07) is 30.4. The van der Waals surface area contributed by atoms with Crippen LogP contribution in [0, 0.1) is 10.1 Å². The number of nitro benzene ring substituents is 1. The van der Waals surface area contributed by atoms with Crippen LogP contribution in [0.1, 0.15) is 24.1 Å². The fourth-order valence-electron chi connectivity index (χ4n) is 5.67. The number of carbonyl (C=O) groups is 2. The Kier molecular flexibility index (Phi) is 6.28. The molecule has 2 aliphatic rings. The van der Waals surface area contributed by atoms with E-state index in [1.165, 1.54) is 12.1 Å². The molecule has 0 aromatic heterocycles. The molecule has 40 heavy (non-hydrogen) atoms. The van der Waals surface area contributed by atoms with E-state index in [9.17, 15) is 19.7 Å². The highest BCUT2D eigenvalue weighted by Crippen LogP contribution is 2.57. The molecule has 2 saturated heterocycles. The molecule has 0 saturated carbocycles. The number of non-ortho nitro benzene ring substituents is 1. The largest absolute Gasteiger partial charge is 0.494 e. The Bertz CT molecular complexity index is 1560. The van der Waals surface area contributed by atoms with Crippen molar-refractivity contribution in [2.75, 3.05) is 16.6 Å². The summed E-state index contributed by atoms with van der Waals surface area (Å²) in [5.41, 5.74) is 0.592. The molecule has 9 nitrogen and oxygen atoms in total. The average molecular weight is 536 g/mol. The zero-order valence-electron chi connectivity index (χ0n) is 21.5. The number of nitrogens with zero attached hydrogens (tertiary/aromatic N) is 3. The first-order valence-corrected chi connectivity index (χ1v) is 12.9. The van der Waals surface area contributed by atoms with E-state index in [-0.39, 0.29) is 5.69 Å². The third-order valence-electron chi connectivity index (χ3n) is 7.39. The molecule has 0 aliphatic carbocycles. The molecule has 6 rings (SSSR count). The molecular weight excluding hydrogens is 510 g/mol. The number of ether oxygens (including phenoxy) is 1. The van der Waals surface area contributed by atoms with Gasteiger partial charge in [-0.3, -0.25) is 24.5 Å². The van der Waals surface area contributed by atoms with Crippen molar-refractivity contribution in [3.05, 3.63) is 130 Å². The number of para-hydroxylation sites is 1. The van der Waals surface area contributed by atoms with Crippen molar-refractivity contribution in [3.8, 4) is 5.75 Å². The first-order chi connectivity index (χ1) is 19.5. The highest BCUT2D eigenvalue weighted by molar-refractivity contribution is 6.28. The first-order valence-electron chi connectivity index (χ1n) is 12.9. The fraction of sp³-hybridized carbons (Fsp3) is 0.161. The predicted molar refractivity (Wildman–Crippen MR) is 148 cm³/mol. The molecule has 9 heteroatoms. The highest BCUT2D eigenvalue weighted by atomic mass is 16.7. The van der Waals surface area contributed by atoms with E-state index in [0.29, 0.717) is 29.3 Å². The second-order valence-corrected chi connectivity index (χ2v) is 9.54. The lowest BCUT2D eigenvalue weighted by molar-refractivity contribution is -0.384. The quantitative estimate of drug-likeness (QED) is 0.178. The van der Waals surface area contributed by atoms with E-state index >= 15 is 0 Å². The Morgan fingerprint density at radius 2 is 1.48 bits per heavy atom. The van der Waals surface area contributed by atoms with Crippen LogP contribution in [0.15, 0.2) is 109 Å². The van der Waals surface area contributed by atoms with Crippen LogP contribution in [0.3, 0.4) is 0 Å². The van der Waals surface area contributed by atoms with Gasteiger partial charge in [-0.15, -0.1) is 0 Å². The van der Waals surface area contributed by atoms with Gasteiger partial charge in [0.1, 0.15) is 17.2 Å². The first kappa shape index (κ1) is 25.3. The lowest BCUT2D eigenvalue weighted by Crippen LogP contribution is -2.46. The van der Waals surface area contributed by atoms with Crippen LogP contribution < -0.4 is 14.7 Å². The monoisotopic (exact) mass is 535 g/mol. The number of amides is 2. The van der Waals surface area contributed by atoms with E-state index in [4.69, 9.17) is 9.57 Å². The third kappa shape index (κ3) is 3.82. The summed E-state index contributed by atoms with van der Waals surface area (Å²) in [5, 5.41) is 13.1. The summed E-state index contributed by atoms with van der Waals surface area (Å²) in [6.07, 6.45) is -1.22. The van der Waals surface area contributed by atoms with E-state index in [2.05, 4.69) is 0 Å². The molecule has 2 fully saturated rings. The van der Waals surface area contributed by atoms with Crippen molar-refractivity contribution in [1.29, 1.82) is 0 Å². The number of rotatable bonds is 7. The third-order valence-corrected chi connectivity index (χ3v) is 7.39. The van der Waals surface area contributed by atoms with E-state index in [1.54, 1.807) is 41.5 Å². The van der Waals surface area contributed by atoms with Crippen molar-refractivity contribution in [3.63, 3.8) is 0 Å². The second-order valence-electron chi connectivity index (χ2n) is 9.54. The van der Waals surface area contributed by atoms with Crippen LogP contribution in [-0.4, -0.2) is 29.4 Å². The van der Waals surface area contributed by atoms with Gasteiger partial charge in [-0.25, -0.2) is 9.96 Å². The lowest BCUT2D eigenvalue weighted by Gasteiger charge is -2.35. The summed E-state index contributed by atoms with van der Waals surface area (Å²) in [4.78, 5) is 47.4. The Labute approximate surface area is 230 Å². The SMILES string of the molecule is CCOc1ccc(N2C(=O)C3ON(c4ccccc4)C(c4ccccc4)C3(c3ccc([N+](=O)[O-])cc3)C2=O)cc1. The zero-order chi connectivity index (χ0) is 27.9. The Hall–Kier alpha value is -5.02. The maximum Gasteiger partial charge on any atom is 0.269 e. The van der Waals surface area contributed by atoms with Crippen LogP contribution in [0.25, 0.3) is 0 Å². The van der Waals surface area contributed by atoms with Gasteiger partial charge in [0, 0.05) is 12.1 Å². The minimum Gasteiger partial charge on any atom is -0.494 e. The highest BCUT2D eigenvalue weighted by Gasteiger charge is 2.72. The Morgan fingerprint density at radius 1 is 0.850 bits per heavy atom. The van der Waals surface area contributed by atoms with Gasteiger partial charge in [-0.05, 0) is 54.4 Å². The number of hydrogen-bond donors (Lipinski definition) is 0. The summed E-state index contributed by atoms with van der Waals surface area (Å²) < 4.78 is 5.53. The number of nitro groups is 1. The summed E-state index contributed by atoms with van der Waals surface area (Å²) in [7, 11) is 0. The molecule has 4 aromatic carbocycles. The molecular formula is C31H25N3O6. The van der Waals surface area contributed by atoms with Gasteiger partial charge in [0.15, 0.2) is 6.10 Å². The van der Waals surface area contributed by atoms with Crippen LogP contribution in [0.2, 0.25) is 0 Å². The van der Waals surface area contributed by atoms with Gasteiger partial charge in [-0.2, -0.15) is 0 Å². The van der Waals surface area contributed by atoms with E-state index in [0.717, 1.165) is 10.5 Å². The molecule has 2 amide bonds. The number of anilines is 2. The number of hydroxylamine groups is 1. The van der Waals surface area contributed by atoms with Gasteiger partial charge >= 0.3 is 0 Å². The van der Waals surface area contributed by atoms with Crippen molar-refractivity contribution >= 4 is 28.9 Å². The fourth-order valence-corrected chi connectivity index (χ4v) is 5.67. The Balaban J connectivity index is 1.57. The van der Waals surface area contributed by atoms with Crippen molar-refractivity contribution in [2.45, 2.75) is 24.5 Å². The molecule has 3 unspecified atom stereocenters. The number of carbonyl (C=O) groups excluding carboxylic acids is 2. The molecule has 200 valence electrons. The second kappa shape index (κ2) is 9.94. The van der Waals surface area contributed by atoms with Crippen molar-refractivity contribution < 1.29 is 24.1 Å². The van der Waals surface area contributed by atoms with Crippen LogP contribution in [0.4, 0.5) is 17.1 Å². The minimum absolute atomic E-state index is 0.119. The molecule has 4 aromatic rings. The molecule has 0 spiro atoms. The van der Waals surface area contributed by atoms with Gasteiger partial charge in [-0.1, -0.05) is 60.7 Å². The van der Waals surface area contributed by atoms with Crippen molar-refractivity contribution in [1.82, 2.24) is 0 Å². The standard InChI is InChI=1S/C31H25N3O6/c1-2-39-26-19-17-23(18-20-26)32-29(35)28-31(30(32)36,22-13-15-25(16-14-22)34(37)38)27(21-9-5-3-6-10-21)33(40-28)24-11-7-4-8-12-24/h3-20,27-28H,2H2,1H3. The predicted octanol–water partition coefficient (Wildman–Crippen LogP) is 5.37. The number of hydrogen-bond acceptors (Lipinski definition) is 7. The summed E-state index contributed by atoms with van der Waals surface area (Å²) >= 11 is 0. The number of fused-ring (bicyclic) bond motifs is 1. The average Bonchev–Trinajstić information content (AvgIpc) is 3.46. The minimum atomic E-state index is -1.54. The van der Waals surface area contributed by atoms with E-state index in [1.807, 2.05) is 67.6 Å². The van der Waals surface area contributed by atoms with Crippen LogP contribution >= 0.6 is 0 Å². The lowest BCUT2D eigenvalue weighted by atomic mass is 9.69. The van der Waals surface area contributed by atoms with Gasteiger partial charge in [0.05, 0.1) is 22.9 Å². The molecule has 3 atom stereocenters. The maximum absolute atomic E-state index is 14.7. The maximum atomic E-state index is 14.7. The van der Waals surface area contributed by atoms with E-state index < -0.39 is 34.3 Å². The molecule has 0 radical (unpaired) electrons. The van der Waals surface area contributed by atoms with Gasteiger partial charge in [0.25, 0.3) is 11.6 Å². The van der Waals surface area contributed by atoms with Gasteiger partial charge in [0.2, 0.25) is 5.91 Å². The van der Waals surface area contributed by atoms with Crippen LogP contribution in [0.5, 0.6) is 5.75 Å². The summed E-state index contributed by atoms with van der Waals surface area (Å²) in [5.74, 6) is -0.385.